The molecular formula is C14H22N2O2. The molecule has 0 saturated carbocycles. The van der Waals surface area contributed by atoms with Crippen molar-refractivity contribution in [2.45, 2.75) is 26.7 Å². The number of nitrogen functional groups attached to an aromatic ring is 1. The zero-order valence-corrected chi connectivity index (χ0v) is 11.3. The van der Waals surface area contributed by atoms with Crippen LogP contribution in [0.1, 0.15) is 25.8 Å². The van der Waals surface area contributed by atoms with Crippen LogP contribution in [0.5, 0.6) is 5.75 Å². The lowest BCUT2D eigenvalue weighted by Crippen LogP contribution is -2.27. The van der Waals surface area contributed by atoms with Gasteiger partial charge in [-0.3, -0.25) is 4.79 Å². The fourth-order valence-electron chi connectivity index (χ4n) is 1.60. The number of carbonyl (C=O) groups is 1. The molecule has 0 heterocycles. The summed E-state index contributed by atoms with van der Waals surface area (Å²) in [5.74, 6) is 1.23. The van der Waals surface area contributed by atoms with Crippen molar-refractivity contribution in [1.82, 2.24) is 5.32 Å². The highest BCUT2D eigenvalue weighted by molar-refractivity contribution is 5.76. The van der Waals surface area contributed by atoms with Crippen LogP contribution in [0.3, 0.4) is 0 Å². The molecule has 0 radical (unpaired) electrons. The molecule has 1 aromatic carbocycles. The second kappa shape index (κ2) is 6.89. The normalized spacial score (nSPS) is 10.4. The lowest BCUT2D eigenvalue weighted by Gasteiger charge is -2.09. The van der Waals surface area contributed by atoms with Gasteiger partial charge < -0.3 is 15.8 Å². The van der Waals surface area contributed by atoms with Gasteiger partial charge in [0.2, 0.25) is 5.91 Å². The molecule has 0 aromatic heterocycles. The van der Waals surface area contributed by atoms with Crippen LogP contribution in [-0.4, -0.2) is 19.6 Å². The molecule has 0 aliphatic rings. The fraction of sp³-hybridized carbons (Fsp3) is 0.500. The van der Waals surface area contributed by atoms with Crippen molar-refractivity contribution in [2.24, 2.45) is 5.92 Å². The molecule has 4 heteroatoms. The number of carbonyl (C=O) groups excluding carboxylic acids is 1. The van der Waals surface area contributed by atoms with Gasteiger partial charge in [-0.05, 0) is 30.0 Å². The average Bonchev–Trinajstić information content (AvgIpc) is 2.34. The van der Waals surface area contributed by atoms with E-state index in [1.54, 1.807) is 7.11 Å². The summed E-state index contributed by atoms with van der Waals surface area (Å²) < 4.78 is 5.09. The maximum atomic E-state index is 11.6. The Kier molecular flexibility index (Phi) is 5.49. The van der Waals surface area contributed by atoms with E-state index in [1.165, 1.54) is 0 Å². The zero-order valence-electron chi connectivity index (χ0n) is 11.3. The lowest BCUT2D eigenvalue weighted by atomic mass is 10.1. The summed E-state index contributed by atoms with van der Waals surface area (Å²) in [5, 5.41) is 2.89. The van der Waals surface area contributed by atoms with Crippen molar-refractivity contribution in [2.75, 3.05) is 19.4 Å². The van der Waals surface area contributed by atoms with Gasteiger partial charge >= 0.3 is 0 Å². The van der Waals surface area contributed by atoms with Gasteiger partial charge in [-0.1, -0.05) is 19.9 Å². The number of nitrogens with two attached hydrogens (primary N) is 1. The van der Waals surface area contributed by atoms with Gasteiger partial charge in [0, 0.05) is 13.0 Å². The number of nitrogens with one attached hydrogen (secondary N) is 1. The van der Waals surface area contributed by atoms with Gasteiger partial charge in [0.1, 0.15) is 5.75 Å². The Bertz CT molecular complexity index is 403. The summed E-state index contributed by atoms with van der Waals surface area (Å²) in [4.78, 5) is 11.6. The maximum absolute atomic E-state index is 11.6. The molecule has 18 heavy (non-hydrogen) atoms. The number of ether oxygens (including phenoxy) is 1. The highest BCUT2D eigenvalue weighted by Crippen LogP contribution is 2.22. The van der Waals surface area contributed by atoms with Crippen LogP contribution in [0.4, 0.5) is 5.69 Å². The first kappa shape index (κ1) is 14.4. The first-order valence-corrected chi connectivity index (χ1v) is 6.22. The standard InChI is InChI=1S/C14H22N2O2/c1-10(2)9-16-14(17)7-5-11-4-6-13(18-3)12(15)8-11/h4,6,8,10H,5,7,9,15H2,1-3H3,(H,16,17). The summed E-state index contributed by atoms with van der Waals surface area (Å²) in [5.41, 5.74) is 7.47. The van der Waals surface area contributed by atoms with E-state index in [0.717, 1.165) is 12.1 Å². The van der Waals surface area contributed by atoms with Crippen LogP contribution in [0.15, 0.2) is 18.2 Å². The number of rotatable bonds is 6. The molecule has 1 rings (SSSR count). The minimum Gasteiger partial charge on any atom is -0.495 e. The molecule has 0 aliphatic carbocycles. The predicted molar refractivity (Wildman–Crippen MR) is 73.6 cm³/mol. The number of aryl methyl sites for hydroxylation is 1. The molecule has 1 aromatic rings. The smallest absolute Gasteiger partial charge is 0.220 e. The van der Waals surface area contributed by atoms with Gasteiger partial charge in [-0.15, -0.1) is 0 Å². The third-order valence-electron chi connectivity index (χ3n) is 2.64. The highest BCUT2D eigenvalue weighted by Gasteiger charge is 2.05. The van der Waals surface area contributed by atoms with E-state index >= 15 is 0 Å². The molecule has 0 saturated heterocycles. The minimum absolute atomic E-state index is 0.0816. The van der Waals surface area contributed by atoms with Crippen LogP contribution in [0, 0.1) is 5.92 Å². The van der Waals surface area contributed by atoms with Crippen LogP contribution in [0.2, 0.25) is 0 Å². The molecule has 0 spiro atoms. The first-order chi connectivity index (χ1) is 8.52. The van der Waals surface area contributed by atoms with E-state index in [4.69, 9.17) is 10.5 Å². The third kappa shape index (κ3) is 4.65. The van der Waals surface area contributed by atoms with Gasteiger partial charge in [0.05, 0.1) is 12.8 Å². The molecule has 0 bridgehead atoms. The topological polar surface area (TPSA) is 64.3 Å². The van der Waals surface area contributed by atoms with E-state index in [9.17, 15) is 4.79 Å². The predicted octanol–water partition coefficient (Wildman–Crippen LogP) is 1.98. The quantitative estimate of drug-likeness (QED) is 0.759. The van der Waals surface area contributed by atoms with E-state index in [1.807, 2.05) is 18.2 Å². The van der Waals surface area contributed by atoms with Crippen molar-refractivity contribution in [3.63, 3.8) is 0 Å². The Hall–Kier alpha value is -1.71. The summed E-state index contributed by atoms with van der Waals surface area (Å²) in [6.45, 7) is 4.87. The number of hydrogen-bond acceptors (Lipinski definition) is 3. The molecule has 100 valence electrons. The van der Waals surface area contributed by atoms with Crippen molar-refractivity contribution >= 4 is 11.6 Å². The van der Waals surface area contributed by atoms with Gasteiger partial charge in [-0.2, -0.15) is 0 Å². The number of benzene rings is 1. The van der Waals surface area contributed by atoms with E-state index < -0.39 is 0 Å². The second-order valence-electron chi connectivity index (χ2n) is 4.77. The van der Waals surface area contributed by atoms with Crippen LogP contribution < -0.4 is 15.8 Å². The summed E-state index contributed by atoms with van der Waals surface area (Å²) in [6, 6.07) is 5.62. The van der Waals surface area contributed by atoms with Crippen molar-refractivity contribution < 1.29 is 9.53 Å². The van der Waals surface area contributed by atoms with Gasteiger partial charge in [-0.25, -0.2) is 0 Å². The fourth-order valence-corrected chi connectivity index (χ4v) is 1.60. The number of anilines is 1. The largest absolute Gasteiger partial charge is 0.495 e. The third-order valence-corrected chi connectivity index (χ3v) is 2.64. The Labute approximate surface area is 109 Å². The van der Waals surface area contributed by atoms with Gasteiger partial charge in [0.15, 0.2) is 0 Å². The zero-order chi connectivity index (χ0) is 13.5. The molecule has 0 atom stereocenters. The summed E-state index contributed by atoms with van der Waals surface area (Å²) in [6.07, 6.45) is 1.18. The molecule has 1 amide bonds. The van der Waals surface area contributed by atoms with Crippen LogP contribution in [-0.2, 0) is 11.2 Å². The van der Waals surface area contributed by atoms with Crippen molar-refractivity contribution in [3.05, 3.63) is 23.8 Å². The van der Waals surface area contributed by atoms with E-state index in [2.05, 4.69) is 19.2 Å². The van der Waals surface area contributed by atoms with E-state index in [-0.39, 0.29) is 5.91 Å². The number of amides is 1. The Balaban J connectivity index is 2.43. The lowest BCUT2D eigenvalue weighted by molar-refractivity contribution is -0.121. The van der Waals surface area contributed by atoms with E-state index in [0.29, 0.717) is 30.2 Å². The number of methoxy groups -OCH3 is 1. The van der Waals surface area contributed by atoms with Crippen molar-refractivity contribution in [3.8, 4) is 5.75 Å². The van der Waals surface area contributed by atoms with Gasteiger partial charge in [0.25, 0.3) is 0 Å². The molecule has 0 fully saturated rings. The highest BCUT2D eigenvalue weighted by atomic mass is 16.5. The molecule has 0 unspecified atom stereocenters. The van der Waals surface area contributed by atoms with Crippen LogP contribution >= 0.6 is 0 Å². The molecular weight excluding hydrogens is 228 g/mol. The molecule has 3 N–H and O–H groups in total. The summed E-state index contributed by atoms with van der Waals surface area (Å²) in [7, 11) is 1.59. The SMILES string of the molecule is COc1ccc(CCC(=O)NCC(C)C)cc1N. The second-order valence-corrected chi connectivity index (χ2v) is 4.77. The molecule has 0 aliphatic heterocycles. The monoisotopic (exact) mass is 250 g/mol. The summed E-state index contributed by atoms with van der Waals surface area (Å²) >= 11 is 0. The van der Waals surface area contributed by atoms with Crippen molar-refractivity contribution in [1.29, 1.82) is 0 Å². The first-order valence-electron chi connectivity index (χ1n) is 6.22. The molecule has 4 nitrogen and oxygen atoms in total. The average molecular weight is 250 g/mol. The Morgan fingerprint density at radius 1 is 1.44 bits per heavy atom. The Morgan fingerprint density at radius 3 is 2.72 bits per heavy atom. The minimum atomic E-state index is 0.0816. The number of hydrogen-bond donors (Lipinski definition) is 2. The maximum Gasteiger partial charge on any atom is 0.220 e. The van der Waals surface area contributed by atoms with Crippen LogP contribution in [0.25, 0.3) is 0 Å². The Morgan fingerprint density at radius 2 is 2.17 bits per heavy atom.